The van der Waals surface area contributed by atoms with E-state index in [-0.39, 0.29) is 0 Å². The molecule has 0 radical (unpaired) electrons. The molecule has 88 valence electrons. The molecule has 1 aromatic heterocycles. The smallest absolute Gasteiger partial charge is 0.243 e. The van der Waals surface area contributed by atoms with Crippen LogP contribution in [0.15, 0.2) is 17.5 Å². The molecule has 5 N–H and O–H groups in total. The van der Waals surface area contributed by atoms with E-state index in [1.54, 1.807) is 6.07 Å². The topological polar surface area (TPSA) is 98.2 Å². The highest BCUT2D eigenvalue weighted by atomic mass is 32.1. The Bertz CT molecular complexity index is 387. The Kier molecular flexibility index (Phi) is 3.66. The zero-order valence-electron chi connectivity index (χ0n) is 9.19. The van der Waals surface area contributed by atoms with Gasteiger partial charge in [-0.15, -0.1) is 11.3 Å². The van der Waals surface area contributed by atoms with Gasteiger partial charge >= 0.3 is 0 Å². The quantitative estimate of drug-likeness (QED) is 0.698. The van der Waals surface area contributed by atoms with E-state index in [1.807, 2.05) is 11.4 Å². The summed E-state index contributed by atoms with van der Waals surface area (Å²) >= 11 is 1.39. The standard InChI is InChI=1S/C10H15N3O2S/c1-10(2,9(12)15)13-8(14)7(11)6-4-3-5-16-6/h3-5,7H,11H2,1-2H3,(H2,12,15)(H,13,14). The first-order valence-corrected chi connectivity index (χ1v) is 5.63. The van der Waals surface area contributed by atoms with E-state index < -0.39 is 23.4 Å². The van der Waals surface area contributed by atoms with Crippen molar-refractivity contribution in [1.82, 2.24) is 5.32 Å². The molecule has 1 heterocycles. The van der Waals surface area contributed by atoms with Crippen LogP contribution in [0.3, 0.4) is 0 Å². The maximum Gasteiger partial charge on any atom is 0.243 e. The van der Waals surface area contributed by atoms with Crippen LogP contribution in [0.5, 0.6) is 0 Å². The Hall–Kier alpha value is -1.40. The molecule has 0 aromatic carbocycles. The number of primary amides is 1. The fourth-order valence-electron chi connectivity index (χ4n) is 1.04. The van der Waals surface area contributed by atoms with Crippen molar-refractivity contribution in [3.63, 3.8) is 0 Å². The number of rotatable bonds is 4. The molecule has 0 spiro atoms. The van der Waals surface area contributed by atoms with Crippen LogP contribution in [0.2, 0.25) is 0 Å². The van der Waals surface area contributed by atoms with Gasteiger partial charge in [-0.2, -0.15) is 0 Å². The number of carbonyl (C=O) groups excluding carboxylic acids is 2. The third-order valence-electron chi connectivity index (χ3n) is 2.18. The summed E-state index contributed by atoms with van der Waals surface area (Å²) in [6.45, 7) is 3.07. The first kappa shape index (κ1) is 12.7. The summed E-state index contributed by atoms with van der Waals surface area (Å²) in [5, 5.41) is 4.35. The highest BCUT2D eigenvalue weighted by molar-refractivity contribution is 7.10. The van der Waals surface area contributed by atoms with Gasteiger partial charge in [-0.3, -0.25) is 9.59 Å². The number of carbonyl (C=O) groups is 2. The minimum Gasteiger partial charge on any atom is -0.368 e. The van der Waals surface area contributed by atoms with Crippen molar-refractivity contribution in [2.75, 3.05) is 0 Å². The van der Waals surface area contributed by atoms with E-state index in [0.29, 0.717) is 0 Å². The third-order valence-corrected chi connectivity index (χ3v) is 3.14. The summed E-state index contributed by atoms with van der Waals surface area (Å²) in [6, 6.07) is 2.82. The molecule has 2 amide bonds. The molecule has 6 heteroatoms. The minimum atomic E-state index is -1.09. The molecule has 5 nitrogen and oxygen atoms in total. The number of hydrogen-bond acceptors (Lipinski definition) is 4. The fraction of sp³-hybridized carbons (Fsp3) is 0.400. The molecule has 0 aliphatic rings. The van der Waals surface area contributed by atoms with E-state index >= 15 is 0 Å². The summed E-state index contributed by atoms with van der Waals surface area (Å²) in [5.74, 6) is -1.01. The van der Waals surface area contributed by atoms with Crippen LogP contribution in [-0.2, 0) is 9.59 Å². The Morgan fingerprint density at radius 2 is 2.12 bits per heavy atom. The largest absolute Gasteiger partial charge is 0.368 e. The molecule has 1 rings (SSSR count). The van der Waals surface area contributed by atoms with Crippen LogP contribution < -0.4 is 16.8 Å². The molecule has 16 heavy (non-hydrogen) atoms. The lowest BCUT2D eigenvalue weighted by molar-refractivity contribution is -0.131. The Balaban J connectivity index is 2.70. The Morgan fingerprint density at radius 3 is 2.56 bits per heavy atom. The van der Waals surface area contributed by atoms with Crippen LogP contribution in [0.25, 0.3) is 0 Å². The van der Waals surface area contributed by atoms with Gasteiger partial charge in [-0.05, 0) is 25.3 Å². The first-order valence-electron chi connectivity index (χ1n) is 4.75. The van der Waals surface area contributed by atoms with E-state index in [9.17, 15) is 9.59 Å². The van der Waals surface area contributed by atoms with Crippen molar-refractivity contribution in [1.29, 1.82) is 0 Å². The second-order valence-electron chi connectivity index (χ2n) is 3.97. The van der Waals surface area contributed by atoms with Crippen molar-refractivity contribution in [3.05, 3.63) is 22.4 Å². The van der Waals surface area contributed by atoms with Gasteiger partial charge in [0.25, 0.3) is 0 Å². The predicted molar refractivity (Wildman–Crippen MR) is 62.7 cm³/mol. The van der Waals surface area contributed by atoms with Gasteiger partial charge in [0.15, 0.2) is 0 Å². The first-order chi connectivity index (χ1) is 7.34. The minimum absolute atomic E-state index is 0.411. The highest BCUT2D eigenvalue weighted by Crippen LogP contribution is 2.17. The van der Waals surface area contributed by atoms with Gasteiger partial charge in [-0.1, -0.05) is 6.07 Å². The van der Waals surface area contributed by atoms with Crippen LogP contribution in [0.4, 0.5) is 0 Å². The van der Waals surface area contributed by atoms with Crippen LogP contribution in [-0.4, -0.2) is 17.4 Å². The van der Waals surface area contributed by atoms with Gasteiger partial charge in [-0.25, -0.2) is 0 Å². The van der Waals surface area contributed by atoms with E-state index in [1.165, 1.54) is 25.2 Å². The molecule has 0 aliphatic heterocycles. The van der Waals surface area contributed by atoms with Crippen molar-refractivity contribution in [2.45, 2.75) is 25.4 Å². The van der Waals surface area contributed by atoms with Crippen LogP contribution >= 0.6 is 11.3 Å². The van der Waals surface area contributed by atoms with Crippen molar-refractivity contribution < 1.29 is 9.59 Å². The lowest BCUT2D eigenvalue weighted by Gasteiger charge is -2.24. The zero-order chi connectivity index (χ0) is 12.3. The normalized spacial score (nSPS) is 13.2. The molecule has 1 aromatic rings. The van der Waals surface area contributed by atoms with Gasteiger partial charge < -0.3 is 16.8 Å². The maximum atomic E-state index is 11.7. The second kappa shape index (κ2) is 4.63. The number of amides is 2. The average Bonchev–Trinajstić information content (AvgIpc) is 2.68. The monoisotopic (exact) mass is 241 g/mol. The number of nitrogens with one attached hydrogen (secondary N) is 1. The second-order valence-corrected chi connectivity index (χ2v) is 4.95. The summed E-state index contributed by atoms with van der Waals surface area (Å²) in [5.41, 5.74) is 9.79. The number of hydrogen-bond donors (Lipinski definition) is 3. The van der Waals surface area contributed by atoms with Crippen molar-refractivity contribution in [2.24, 2.45) is 11.5 Å². The average molecular weight is 241 g/mol. The molecule has 0 fully saturated rings. The fourth-order valence-corrected chi connectivity index (χ4v) is 1.77. The number of thiophene rings is 1. The molecular weight excluding hydrogens is 226 g/mol. The molecule has 1 atom stereocenters. The van der Waals surface area contributed by atoms with Gasteiger partial charge in [0, 0.05) is 4.88 Å². The lowest BCUT2D eigenvalue weighted by Crippen LogP contribution is -2.54. The molecule has 0 aliphatic carbocycles. The number of nitrogens with two attached hydrogens (primary N) is 2. The van der Waals surface area contributed by atoms with Crippen LogP contribution in [0, 0.1) is 0 Å². The van der Waals surface area contributed by atoms with Crippen LogP contribution in [0.1, 0.15) is 24.8 Å². The zero-order valence-corrected chi connectivity index (χ0v) is 10.0. The maximum absolute atomic E-state index is 11.7. The summed E-state index contributed by atoms with van der Waals surface area (Å²) in [4.78, 5) is 23.5. The third kappa shape index (κ3) is 2.80. The van der Waals surface area contributed by atoms with Gasteiger partial charge in [0.2, 0.25) is 11.8 Å². The summed E-state index contributed by atoms with van der Waals surface area (Å²) in [6.07, 6.45) is 0. The molecule has 0 bridgehead atoms. The van der Waals surface area contributed by atoms with Crippen molar-refractivity contribution >= 4 is 23.2 Å². The SMILES string of the molecule is CC(C)(NC(=O)C(N)c1cccs1)C(N)=O. The van der Waals surface area contributed by atoms with Gasteiger partial charge in [0.05, 0.1) is 0 Å². The molecule has 0 saturated heterocycles. The molecular formula is C10H15N3O2S. The summed E-state index contributed by atoms with van der Waals surface area (Å²) < 4.78 is 0. The van der Waals surface area contributed by atoms with E-state index in [2.05, 4.69) is 5.32 Å². The lowest BCUT2D eigenvalue weighted by atomic mass is 10.0. The predicted octanol–water partition coefficient (Wildman–Crippen LogP) is 0.128. The highest BCUT2D eigenvalue weighted by Gasteiger charge is 2.29. The van der Waals surface area contributed by atoms with Gasteiger partial charge in [0.1, 0.15) is 11.6 Å². The Morgan fingerprint density at radius 1 is 1.50 bits per heavy atom. The Labute approximate surface area is 97.8 Å². The van der Waals surface area contributed by atoms with E-state index in [4.69, 9.17) is 11.5 Å². The molecule has 1 unspecified atom stereocenters. The van der Waals surface area contributed by atoms with E-state index in [0.717, 1.165) is 4.88 Å². The molecule has 0 saturated carbocycles. The van der Waals surface area contributed by atoms with Crippen molar-refractivity contribution in [3.8, 4) is 0 Å². The summed E-state index contributed by atoms with van der Waals surface area (Å²) in [7, 11) is 0.